The molecule has 1 amide bonds. The van der Waals surface area contributed by atoms with E-state index in [0.717, 1.165) is 17.8 Å². The zero-order valence-electron chi connectivity index (χ0n) is 12.5. The molecule has 0 aliphatic carbocycles. The van der Waals surface area contributed by atoms with E-state index in [1.54, 1.807) is 17.2 Å². The maximum absolute atomic E-state index is 12.7. The summed E-state index contributed by atoms with van der Waals surface area (Å²) in [7, 11) is 0. The summed E-state index contributed by atoms with van der Waals surface area (Å²) in [6.07, 6.45) is 2.43. The normalized spacial score (nSPS) is 10.4. The van der Waals surface area contributed by atoms with Gasteiger partial charge in [0.2, 0.25) is 0 Å². The lowest BCUT2D eigenvalue weighted by atomic mass is 10.1. The van der Waals surface area contributed by atoms with Crippen LogP contribution in [-0.4, -0.2) is 24.0 Å². The monoisotopic (exact) mass is 283 g/mol. The van der Waals surface area contributed by atoms with E-state index in [9.17, 15) is 4.79 Å². The molecule has 0 fully saturated rings. The van der Waals surface area contributed by atoms with Crippen LogP contribution in [0.4, 0.5) is 5.69 Å². The number of rotatable bonds is 5. The molecule has 0 saturated carbocycles. The molecule has 0 bridgehead atoms. The molecule has 2 aromatic rings. The van der Waals surface area contributed by atoms with Crippen molar-refractivity contribution in [2.75, 3.05) is 18.0 Å². The van der Waals surface area contributed by atoms with Crippen molar-refractivity contribution in [1.82, 2.24) is 4.98 Å². The van der Waals surface area contributed by atoms with Gasteiger partial charge in [-0.3, -0.25) is 9.78 Å². The van der Waals surface area contributed by atoms with Gasteiger partial charge in [0.1, 0.15) is 0 Å². The molecule has 4 nitrogen and oxygen atoms in total. The third-order valence-electron chi connectivity index (χ3n) is 3.32. The Labute approximate surface area is 125 Å². The van der Waals surface area contributed by atoms with Crippen molar-refractivity contribution in [3.05, 3.63) is 59.4 Å². The maximum Gasteiger partial charge on any atom is 0.258 e. The Hall–Kier alpha value is -2.20. The Bertz CT molecular complexity index is 608. The van der Waals surface area contributed by atoms with Crippen LogP contribution < -0.4 is 10.6 Å². The minimum Gasteiger partial charge on any atom is -0.330 e. The molecule has 1 heterocycles. The molecule has 4 heteroatoms. The predicted molar refractivity (Wildman–Crippen MR) is 85.5 cm³/mol. The van der Waals surface area contributed by atoms with E-state index in [1.807, 2.05) is 44.2 Å². The SMILES string of the molecule is Cc1ccc(N(CCCN)C(=O)c2ccnc(C)c2)cc1. The van der Waals surface area contributed by atoms with Crippen LogP contribution in [-0.2, 0) is 0 Å². The van der Waals surface area contributed by atoms with Gasteiger partial charge in [0.05, 0.1) is 0 Å². The van der Waals surface area contributed by atoms with E-state index in [4.69, 9.17) is 5.73 Å². The fraction of sp³-hybridized carbons (Fsp3) is 0.294. The van der Waals surface area contributed by atoms with Crippen LogP contribution >= 0.6 is 0 Å². The molecule has 1 aromatic carbocycles. The van der Waals surface area contributed by atoms with Gasteiger partial charge in [-0.05, 0) is 51.1 Å². The number of hydrogen-bond acceptors (Lipinski definition) is 3. The van der Waals surface area contributed by atoms with Crippen LogP contribution in [0.5, 0.6) is 0 Å². The molecule has 2 N–H and O–H groups in total. The molecule has 0 radical (unpaired) electrons. The van der Waals surface area contributed by atoms with Gasteiger partial charge in [0, 0.05) is 29.7 Å². The first-order valence-electron chi connectivity index (χ1n) is 7.13. The Balaban J connectivity index is 2.31. The van der Waals surface area contributed by atoms with Crippen LogP contribution in [0.15, 0.2) is 42.6 Å². The number of carbonyl (C=O) groups excluding carboxylic acids is 1. The average Bonchev–Trinajstić information content (AvgIpc) is 2.49. The topological polar surface area (TPSA) is 59.2 Å². The number of nitrogens with two attached hydrogens (primary N) is 1. The molecule has 21 heavy (non-hydrogen) atoms. The highest BCUT2D eigenvalue weighted by Gasteiger charge is 2.17. The van der Waals surface area contributed by atoms with Gasteiger partial charge in [-0.15, -0.1) is 0 Å². The number of carbonyl (C=O) groups is 1. The van der Waals surface area contributed by atoms with Crippen molar-refractivity contribution >= 4 is 11.6 Å². The minimum absolute atomic E-state index is 0.0159. The quantitative estimate of drug-likeness (QED) is 0.917. The van der Waals surface area contributed by atoms with Crippen LogP contribution in [0, 0.1) is 13.8 Å². The molecule has 0 unspecified atom stereocenters. The van der Waals surface area contributed by atoms with Crippen LogP contribution in [0.25, 0.3) is 0 Å². The van der Waals surface area contributed by atoms with Gasteiger partial charge in [-0.25, -0.2) is 0 Å². The lowest BCUT2D eigenvalue weighted by Gasteiger charge is -2.23. The zero-order valence-corrected chi connectivity index (χ0v) is 12.5. The number of aryl methyl sites for hydroxylation is 2. The Morgan fingerprint density at radius 2 is 1.90 bits per heavy atom. The van der Waals surface area contributed by atoms with E-state index in [1.165, 1.54) is 5.56 Å². The third-order valence-corrected chi connectivity index (χ3v) is 3.32. The predicted octanol–water partition coefficient (Wildman–Crippen LogP) is 2.69. The molecule has 2 rings (SSSR count). The van der Waals surface area contributed by atoms with E-state index in [2.05, 4.69) is 4.98 Å². The van der Waals surface area contributed by atoms with E-state index < -0.39 is 0 Å². The molecule has 0 aliphatic heterocycles. The van der Waals surface area contributed by atoms with E-state index in [0.29, 0.717) is 18.7 Å². The highest BCUT2D eigenvalue weighted by Crippen LogP contribution is 2.18. The lowest BCUT2D eigenvalue weighted by molar-refractivity contribution is 0.0986. The first kappa shape index (κ1) is 15.2. The molecular formula is C17H21N3O. The lowest BCUT2D eigenvalue weighted by Crippen LogP contribution is -2.33. The number of hydrogen-bond donors (Lipinski definition) is 1. The Morgan fingerprint density at radius 3 is 2.52 bits per heavy atom. The second kappa shape index (κ2) is 6.99. The van der Waals surface area contributed by atoms with Crippen molar-refractivity contribution in [2.45, 2.75) is 20.3 Å². The number of nitrogens with zero attached hydrogens (tertiary/aromatic N) is 2. The fourth-order valence-electron chi connectivity index (χ4n) is 2.16. The van der Waals surface area contributed by atoms with Gasteiger partial charge in [-0.1, -0.05) is 17.7 Å². The molecule has 0 spiro atoms. The Morgan fingerprint density at radius 1 is 1.19 bits per heavy atom. The Kier molecular flexibility index (Phi) is 5.06. The largest absolute Gasteiger partial charge is 0.330 e. The third kappa shape index (κ3) is 3.89. The maximum atomic E-state index is 12.7. The fourth-order valence-corrected chi connectivity index (χ4v) is 2.16. The summed E-state index contributed by atoms with van der Waals surface area (Å²) in [5, 5.41) is 0. The van der Waals surface area contributed by atoms with Gasteiger partial charge in [0.15, 0.2) is 0 Å². The van der Waals surface area contributed by atoms with Crippen molar-refractivity contribution in [3.8, 4) is 0 Å². The highest BCUT2D eigenvalue weighted by molar-refractivity contribution is 6.06. The number of anilines is 1. The van der Waals surface area contributed by atoms with Gasteiger partial charge in [0.25, 0.3) is 5.91 Å². The highest BCUT2D eigenvalue weighted by atomic mass is 16.2. The summed E-state index contributed by atoms with van der Waals surface area (Å²) in [6.45, 7) is 5.08. The molecule has 0 aliphatic rings. The summed E-state index contributed by atoms with van der Waals surface area (Å²) in [4.78, 5) is 18.7. The summed E-state index contributed by atoms with van der Waals surface area (Å²) in [5.74, 6) is -0.0159. The average molecular weight is 283 g/mol. The molecule has 0 atom stereocenters. The van der Waals surface area contributed by atoms with Crippen LogP contribution in [0.3, 0.4) is 0 Å². The number of benzene rings is 1. The summed E-state index contributed by atoms with van der Waals surface area (Å²) in [6, 6.07) is 11.5. The first-order valence-corrected chi connectivity index (χ1v) is 7.13. The summed E-state index contributed by atoms with van der Waals surface area (Å²) < 4.78 is 0. The van der Waals surface area contributed by atoms with Crippen molar-refractivity contribution in [1.29, 1.82) is 0 Å². The van der Waals surface area contributed by atoms with Gasteiger partial charge in [-0.2, -0.15) is 0 Å². The van der Waals surface area contributed by atoms with Crippen LogP contribution in [0.1, 0.15) is 28.0 Å². The molecule has 0 saturated heterocycles. The van der Waals surface area contributed by atoms with Gasteiger partial charge < -0.3 is 10.6 Å². The molecule has 1 aromatic heterocycles. The number of pyridine rings is 1. The van der Waals surface area contributed by atoms with Crippen LogP contribution in [0.2, 0.25) is 0 Å². The summed E-state index contributed by atoms with van der Waals surface area (Å²) in [5.41, 5.74) is 9.15. The number of amides is 1. The second-order valence-corrected chi connectivity index (χ2v) is 5.12. The molecule has 110 valence electrons. The van der Waals surface area contributed by atoms with E-state index >= 15 is 0 Å². The first-order chi connectivity index (χ1) is 10.1. The van der Waals surface area contributed by atoms with E-state index in [-0.39, 0.29) is 5.91 Å². The smallest absolute Gasteiger partial charge is 0.258 e. The minimum atomic E-state index is -0.0159. The van der Waals surface area contributed by atoms with Gasteiger partial charge >= 0.3 is 0 Å². The van der Waals surface area contributed by atoms with Crippen molar-refractivity contribution in [2.24, 2.45) is 5.73 Å². The van der Waals surface area contributed by atoms with Crippen molar-refractivity contribution in [3.63, 3.8) is 0 Å². The standard InChI is InChI=1S/C17H21N3O/c1-13-4-6-16(7-5-13)20(11-3-9-18)17(21)15-8-10-19-14(2)12-15/h4-8,10,12H,3,9,11,18H2,1-2H3. The molecular weight excluding hydrogens is 262 g/mol. The van der Waals surface area contributed by atoms with Crippen molar-refractivity contribution < 1.29 is 4.79 Å². The zero-order chi connectivity index (χ0) is 15.2. The second-order valence-electron chi connectivity index (χ2n) is 5.12. The summed E-state index contributed by atoms with van der Waals surface area (Å²) >= 11 is 0. The number of aromatic nitrogens is 1.